The van der Waals surface area contributed by atoms with Crippen molar-refractivity contribution < 1.29 is 13.2 Å². The van der Waals surface area contributed by atoms with Crippen LogP contribution in [-0.4, -0.2) is 11.2 Å². The highest BCUT2D eigenvalue weighted by molar-refractivity contribution is 9.10. The molecule has 0 aliphatic heterocycles. The average molecular weight is 351 g/mol. The summed E-state index contributed by atoms with van der Waals surface area (Å²) in [5, 5.41) is 5.50. The molecular weight excluding hydrogens is 345 g/mol. The molecule has 3 N–H and O–H groups in total. The molecule has 0 saturated carbocycles. The van der Waals surface area contributed by atoms with Gasteiger partial charge < -0.3 is 5.73 Å². The van der Waals surface area contributed by atoms with Crippen LogP contribution in [0.5, 0.6) is 0 Å². The molecule has 4 nitrogen and oxygen atoms in total. The number of benzene rings is 1. The van der Waals surface area contributed by atoms with E-state index in [1.54, 1.807) is 5.38 Å². The van der Waals surface area contributed by atoms with Gasteiger partial charge >= 0.3 is 0 Å². The monoisotopic (exact) mass is 350 g/mol. The van der Waals surface area contributed by atoms with Crippen molar-refractivity contribution in [1.82, 2.24) is 4.98 Å². The van der Waals surface area contributed by atoms with Crippen molar-refractivity contribution in [2.75, 3.05) is 11.2 Å². The Morgan fingerprint density at radius 2 is 2.11 bits per heavy atom. The van der Waals surface area contributed by atoms with E-state index in [2.05, 4.69) is 31.4 Å². The van der Waals surface area contributed by atoms with E-state index >= 15 is 0 Å². The summed E-state index contributed by atoms with van der Waals surface area (Å²) >= 11 is 3.95. The highest BCUT2D eigenvalue weighted by atomic mass is 79.9. The Morgan fingerprint density at radius 1 is 1.37 bits per heavy atom. The predicted molar refractivity (Wildman–Crippen MR) is 71.8 cm³/mol. The molecule has 0 spiro atoms. The van der Waals surface area contributed by atoms with E-state index in [-0.39, 0.29) is 4.47 Å². The largest absolute Gasteiger partial charge is 0.383 e. The van der Waals surface area contributed by atoms with E-state index < -0.39 is 23.0 Å². The Labute approximate surface area is 118 Å². The first-order chi connectivity index (χ1) is 8.99. The molecule has 19 heavy (non-hydrogen) atoms. The average Bonchev–Trinajstić information content (AvgIpc) is 2.77. The third kappa shape index (κ3) is 3.04. The van der Waals surface area contributed by atoms with Crippen LogP contribution in [0.3, 0.4) is 0 Å². The zero-order valence-corrected chi connectivity index (χ0v) is 11.5. The molecule has 2 rings (SSSR count). The second-order valence-electron chi connectivity index (χ2n) is 3.33. The molecule has 0 saturated heterocycles. The van der Waals surface area contributed by atoms with Crippen LogP contribution in [0.4, 0.5) is 24.1 Å². The van der Waals surface area contributed by atoms with E-state index in [4.69, 9.17) is 5.73 Å². The van der Waals surface area contributed by atoms with Crippen LogP contribution < -0.4 is 11.2 Å². The molecule has 0 atom stereocenters. The molecule has 0 aliphatic rings. The van der Waals surface area contributed by atoms with Crippen LogP contribution in [-0.2, 0) is 0 Å². The van der Waals surface area contributed by atoms with Gasteiger partial charge in [-0.1, -0.05) is 0 Å². The van der Waals surface area contributed by atoms with E-state index in [0.717, 1.165) is 6.21 Å². The molecule has 2 aromatic rings. The molecule has 0 bridgehead atoms. The van der Waals surface area contributed by atoms with Gasteiger partial charge in [0.1, 0.15) is 11.6 Å². The van der Waals surface area contributed by atoms with Crippen LogP contribution in [0, 0.1) is 17.5 Å². The third-order valence-corrected chi connectivity index (χ3v) is 3.36. The quantitative estimate of drug-likeness (QED) is 0.506. The number of aromatic nitrogens is 1. The number of nitrogens with zero attached hydrogens (tertiary/aromatic N) is 2. The Kier molecular flexibility index (Phi) is 4.05. The van der Waals surface area contributed by atoms with Crippen molar-refractivity contribution >= 4 is 44.4 Å². The number of nitrogen functional groups attached to an aromatic ring is 1. The smallest absolute Gasteiger partial charge is 0.205 e. The van der Waals surface area contributed by atoms with E-state index in [9.17, 15) is 13.2 Å². The number of halogens is 4. The first kappa shape index (κ1) is 13.8. The normalized spacial score (nSPS) is 11.2. The summed E-state index contributed by atoms with van der Waals surface area (Å²) in [4.78, 5) is 3.82. The number of rotatable bonds is 3. The highest BCUT2D eigenvalue weighted by Crippen LogP contribution is 2.23. The van der Waals surface area contributed by atoms with Crippen LogP contribution in [0.15, 0.2) is 21.0 Å². The molecule has 1 aromatic heterocycles. The topological polar surface area (TPSA) is 63.3 Å². The number of hydrogen-bond acceptors (Lipinski definition) is 5. The third-order valence-electron chi connectivity index (χ3n) is 2.02. The van der Waals surface area contributed by atoms with E-state index in [1.165, 1.54) is 11.3 Å². The van der Waals surface area contributed by atoms with Gasteiger partial charge in [-0.25, -0.2) is 18.2 Å². The van der Waals surface area contributed by atoms with Crippen LogP contribution >= 0.6 is 27.3 Å². The van der Waals surface area contributed by atoms with E-state index in [1.807, 2.05) is 0 Å². The van der Waals surface area contributed by atoms with Crippen molar-refractivity contribution in [3.8, 4) is 0 Å². The van der Waals surface area contributed by atoms with E-state index in [0.29, 0.717) is 17.0 Å². The Balaban J connectivity index is 2.23. The summed E-state index contributed by atoms with van der Waals surface area (Å²) < 4.78 is 39.9. The zero-order valence-electron chi connectivity index (χ0n) is 9.12. The minimum absolute atomic E-state index is 0.189. The number of anilines is 2. The molecule has 0 amide bonds. The van der Waals surface area contributed by atoms with Gasteiger partial charge in [-0.3, -0.25) is 5.43 Å². The fourth-order valence-electron chi connectivity index (χ4n) is 1.19. The summed E-state index contributed by atoms with van der Waals surface area (Å²) in [6.07, 6.45) is 0.829. The van der Waals surface area contributed by atoms with Gasteiger partial charge in [-0.2, -0.15) is 5.10 Å². The maximum Gasteiger partial charge on any atom is 0.205 e. The first-order valence-electron chi connectivity index (χ1n) is 4.82. The second kappa shape index (κ2) is 5.57. The Bertz CT molecular complexity index is 618. The number of hydrazone groups is 1. The van der Waals surface area contributed by atoms with Gasteiger partial charge in [-0.15, -0.1) is 11.3 Å². The summed E-state index contributed by atoms with van der Waals surface area (Å²) in [7, 11) is 0. The van der Waals surface area contributed by atoms with Crippen molar-refractivity contribution in [2.24, 2.45) is 5.10 Å². The lowest BCUT2D eigenvalue weighted by Gasteiger charge is -2.02. The van der Waals surface area contributed by atoms with Gasteiger partial charge in [0.05, 0.1) is 16.3 Å². The second-order valence-corrected chi connectivity index (χ2v) is 5.04. The van der Waals surface area contributed by atoms with Gasteiger partial charge in [0, 0.05) is 5.38 Å². The predicted octanol–water partition coefficient (Wildman–Crippen LogP) is 3.35. The Morgan fingerprint density at radius 3 is 2.74 bits per heavy atom. The number of thiazole rings is 1. The van der Waals surface area contributed by atoms with Crippen LogP contribution in [0.1, 0.15) is 5.56 Å². The lowest BCUT2D eigenvalue weighted by atomic mass is 10.2. The molecular formula is C10H6BrF3N4S. The van der Waals surface area contributed by atoms with Gasteiger partial charge in [-0.05, 0) is 22.0 Å². The summed E-state index contributed by atoms with van der Waals surface area (Å²) in [6.45, 7) is 0. The van der Waals surface area contributed by atoms with Crippen LogP contribution in [0.25, 0.3) is 0 Å². The highest BCUT2D eigenvalue weighted by Gasteiger charge is 2.16. The Hall–Kier alpha value is -1.61. The van der Waals surface area contributed by atoms with Gasteiger partial charge in [0.25, 0.3) is 0 Å². The standard InChI is InChI=1S/C10H6BrF3N4S/c11-5-1-6(12)9(14)4(8(5)13)2-16-18-10-17-7(15)3-19-10/h1-3H,15H2,(H,17,18). The SMILES string of the molecule is Nc1csc(NN=Cc2c(F)c(F)cc(Br)c2F)n1. The summed E-state index contributed by atoms with van der Waals surface area (Å²) in [5.74, 6) is -3.13. The fraction of sp³-hybridized carbons (Fsp3) is 0. The molecule has 1 heterocycles. The van der Waals surface area contributed by atoms with Crippen molar-refractivity contribution in [3.63, 3.8) is 0 Å². The lowest BCUT2D eigenvalue weighted by molar-refractivity contribution is 0.491. The minimum Gasteiger partial charge on any atom is -0.383 e. The zero-order chi connectivity index (χ0) is 14.0. The maximum atomic E-state index is 13.6. The van der Waals surface area contributed by atoms with Crippen LogP contribution in [0.2, 0.25) is 0 Å². The molecule has 0 unspecified atom stereocenters. The number of nitrogens with one attached hydrogen (secondary N) is 1. The number of hydrogen-bond donors (Lipinski definition) is 2. The number of nitrogens with two attached hydrogens (primary N) is 1. The molecule has 0 radical (unpaired) electrons. The molecule has 0 fully saturated rings. The van der Waals surface area contributed by atoms with Crippen molar-refractivity contribution in [2.45, 2.75) is 0 Å². The maximum absolute atomic E-state index is 13.6. The van der Waals surface area contributed by atoms with Gasteiger partial charge in [0.15, 0.2) is 11.6 Å². The molecule has 100 valence electrons. The fourth-order valence-corrected chi connectivity index (χ4v) is 2.16. The molecule has 9 heteroatoms. The lowest BCUT2D eigenvalue weighted by Crippen LogP contribution is -2.01. The van der Waals surface area contributed by atoms with Crippen molar-refractivity contribution in [1.29, 1.82) is 0 Å². The molecule has 1 aromatic carbocycles. The van der Waals surface area contributed by atoms with Gasteiger partial charge in [0.2, 0.25) is 5.13 Å². The molecule has 0 aliphatic carbocycles. The van der Waals surface area contributed by atoms with Crippen molar-refractivity contribution in [3.05, 3.63) is 38.9 Å². The first-order valence-corrected chi connectivity index (χ1v) is 6.49. The summed E-state index contributed by atoms with van der Waals surface area (Å²) in [6, 6.07) is 0.705. The minimum atomic E-state index is -1.31. The summed E-state index contributed by atoms with van der Waals surface area (Å²) in [5.41, 5.74) is 7.22.